The first-order chi connectivity index (χ1) is 11.1. The summed E-state index contributed by atoms with van der Waals surface area (Å²) in [6, 6.07) is 7.04. The fourth-order valence-electron chi connectivity index (χ4n) is 2.95. The number of rotatable bonds is 3. The van der Waals surface area contributed by atoms with E-state index in [2.05, 4.69) is 6.08 Å². The molecule has 0 atom stereocenters. The van der Waals surface area contributed by atoms with Crippen molar-refractivity contribution in [2.45, 2.75) is 19.3 Å². The molecule has 23 heavy (non-hydrogen) atoms. The zero-order chi connectivity index (χ0) is 16.0. The van der Waals surface area contributed by atoms with Gasteiger partial charge in [0.15, 0.2) is 17.4 Å². The lowest BCUT2D eigenvalue weighted by Gasteiger charge is -2.08. The van der Waals surface area contributed by atoms with Crippen molar-refractivity contribution < 1.29 is 13.5 Å². The van der Waals surface area contributed by atoms with Gasteiger partial charge in [0.1, 0.15) is 6.61 Å². The molecule has 0 unspecified atom stereocenters. The molecule has 0 radical (unpaired) electrons. The number of fused-ring (bicyclic) bond motifs is 3. The number of hydrogen-bond acceptors (Lipinski definition) is 2. The lowest BCUT2D eigenvalue weighted by Crippen LogP contribution is -2.01. The molecule has 3 aromatic rings. The number of ether oxygens (including phenoxy) is 1. The molecule has 0 saturated carbocycles. The molecule has 4 rings (SSSR count). The molecule has 2 aromatic carbocycles. The van der Waals surface area contributed by atoms with Crippen molar-refractivity contribution in [2.24, 2.45) is 0 Å². The van der Waals surface area contributed by atoms with Crippen LogP contribution in [0, 0.1) is 15.2 Å². The summed E-state index contributed by atoms with van der Waals surface area (Å²) in [5, 5.41) is 1.50. The first-order valence-electron chi connectivity index (χ1n) is 7.44. The lowest BCUT2D eigenvalue weighted by molar-refractivity contribution is 0.331. The third kappa shape index (κ3) is 2.63. The molecule has 0 spiro atoms. The Hall–Kier alpha value is -1.21. The lowest BCUT2D eigenvalue weighted by atomic mass is 10.1. The minimum atomic E-state index is -0.392. The molecule has 0 aliphatic heterocycles. The van der Waals surface area contributed by atoms with Gasteiger partial charge in [-0.15, -0.1) is 11.3 Å². The maximum atomic E-state index is 14.8. The van der Waals surface area contributed by atoms with Crippen LogP contribution in [0.4, 0.5) is 8.78 Å². The van der Waals surface area contributed by atoms with E-state index in [4.69, 9.17) is 4.74 Å². The molecule has 1 aromatic heterocycles. The molecule has 1 heterocycles. The van der Waals surface area contributed by atoms with Crippen molar-refractivity contribution >= 4 is 54.1 Å². The van der Waals surface area contributed by atoms with Crippen LogP contribution >= 0.6 is 33.9 Å². The first kappa shape index (κ1) is 15.3. The van der Waals surface area contributed by atoms with Crippen molar-refractivity contribution in [3.63, 3.8) is 0 Å². The van der Waals surface area contributed by atoms with Crippen molar-refractivity contribution in [3.05, 3.63) is 51.1 Å². The highest BCUT2D eigenvalue weighted by Gasteiger charge is 2.17. The van der Waals surface area contributed by atoms with Gasteiger partial charge in [-0.2, -0.15) is 0 Å². The van der Waals surface area contributed by atoms with E-state index in [1.165, 1.54) is 5.57 Å². The maximum absolute atomic E-state index is 14.8. The molecule has 118 valence electrons. The Morgan fingerprint density at radius 3 is 2.52 bits per heavy atom. The average Bonchev–Trinajstić information content (AvgIpc) is 3.18. The van der Waals surface area contributed by atoms with E-state index in [0.717, 1.165) is 41.4 Å². The Kier molecular flexibility index (Phi) is 4.01. The molecule has 0 fully saturated rings. The highest BCUT2D eigenvalue weighted by molar-refractivity contribution is 14.1. The van der Waals surface area contributed by atoms with Gasteiger partial charge in [-0.05, 0) is 65.6 Å². The Labute approximate surface area is 150 Å². The minimum absolute atomic E-state index is 0.243. The predicted molar refractivity (Wildman–Crippen MR) is 99.4 cm³/mol. The number of thiophene rings is 1. The summed E-state index contributed by atoms with van der Waals surface area (Å²) in [7, 11) is 0. The summed E-state index contributed by atoms with van der Waals surface area (Å²) >= 11 is 3.11. The molecule has 1 aliphatic carbocycles. The second kappa shape index (κ2) is 6.02. The zero-order valence-electron chi connectivity index (χ0n) is 12.2. The van der Waals surface area contributed by atoms with Crippen LogP contribution in [0.5, 0.6) is 5.75 Å². The molecular formula is C18H13F2IOS. The van der Waals surface area contributed by atoms with Crippen LogP contribution in [0.2, 0.25) is 0 Å². The van der Waals surface area contributed by atoms with E-state index in [1.807, 2.05) is 34.7 Å². The minimum Gasteiger partial charge on any atom is -0.486 e. The smallest absolute Gasteiger partial charge is 0.182 e. The van der Waals surface area contributed by atoms with Gasteiger partial charge in [0.05, 0.1) is 13.0 Å². The van der Waals surface area contributed by atoms with Crippen LogP contribution in [0.3, 0.4) is 0 Å². The average molecular weight is 442 g/mol. The fraction of sp³-hybridized carbons (Fsp3) is 0.222. The topological polar surface area (TPSA) is 9.23 Å². The van der Waals surface area contributed by atoms with Crippen LogP contribution in [-0.4, -0.2) is 6.61 Å². The Morgan fingerprint density at radius 2 is 1.78 bits per heavy atom. The third-order valence-corrected chi connectivity index (χ3v) is 6.19. The van der Waals surface area contributed by atoms with Crippen molar-refractivity contribution in [1.29, 1.82) is 0 Å². The standard InChI is InChI=1S/C18H13F2IOS/c19-15-13(21)7-5-11-12-6-8-14(16(20)18(12)23-17(11)15)22-9-10-3-1-2-4-10/h3,5-8H,1-2,4,9H2. The van der Waals surface area contributed by atoms with Gasteiger partial charge in [0.25, 0.3) is 0 Å². The molecule has 5 heteroatoms. The first-order valence-corrected chi connectivity index (χ1v) is 9.34. The largest absolute Gasteiger partial charge is 0.486 e. The van der Waals surface area contributed by atoms with Crippen molar-refractivity contribution in [1.82, 2.24) is 0 Å². The van der Waals surface area contributed by atoms with Crippen LogP contribution in [-0.2, 0) is 0 Å². The van der Waals surface area contributed by atoms with Gasteiger partial charge in [-0.25, -0.2) is 8.78 Å². The Morgan fingerprint density at radius 1 is 1.04 bits per heavy atom. The van der Waals surface area contributed by atoms with E-state index >= 15 is 0 Å². The molecule has 1 nitrogen and oxygen atoms in total. The second-order valence-electron chi connectivity index (χ2n) is 5.64. The SMILES string of the molecule is Fc1c(I)ccc2c1sc1c(F)c(OCC3=CCCC3)ccc12. The second-order valence-corrected chi connectivity index (χ2v) is 7.82. The number of halogens is 3. The summed E-state index contributed by atoms with van der Waals surface area (Å²) in [6.45, 7) is 0.430. The van der Waals surface area contributed by atoms with Crippen LogP contribution in [0.25, 0.3) is 20.2 Å². The van der Waals surface area contributed by atoms with E-state index in [1.54, 1.807) is 12.1 Å². The molecule has 1 aliphatic rings. The Balaban J connectivity index is 1.78. The fourth-order valence-corrected chi connectivity index (χ4v) is 4.75. The van der Waals surface area contributed by atoms with E-state index < -0.39 is 5.82 Å². The van der Waals surface area contributed by atoms with Crippen molar-refractivity contribution in [3.8, 4) is 5.75 Å². The molecule has 0 amide bonds. The highest BCUT2D eigenvalue weighted by Crippen LogP contribution is 2.40. The van der Waals surface area contributed by atoms with Crippen molar-refractivity contribution in [2.75, 3.05) is 6.61 Å². The summed E-state index contributed by atoms with van der Waals surface area (Å²) in [6.07, 6.45) is 5.41. The van der Waals surface area contributed by atoms with Gasteiger partial charge in [-0.3, -0.25) is 0 Å². The maximum Gasteiger partial charge on any atom is 0.182 e. The quantitative estimate of drug-likeness (QED) is 0.336. The van der Waals surface area contributed by atoms with Crippen LogP contribution in [0.15, 0.2) is 35.9 Å². The summed E-state index contributed by atoms with van der Waals surface area (Å²) in [5.74, 6) is -0.425. The number of allylic oxidation sites excluding steroid dienone is 1. The van der Waals surface area contributed by atoms with Gasteiger partial charge >= 0.3 is 0 Å². The molecule has 0 saturated heterocycles. The normalized spacial score (nSPS) is 14.7. The monoisotopic (exact) mass is 442 g/mol. The molecular weight excluding hydrogens is 429 g/mol. The predicted octanol–water partition coefficient (Wildman–Crippen LogP) is 6.43. The van der Waals surface area contributed by atoms with Gasteiger partial charge in [-0.1, -0.05) is 12.1 Å². The highest BCUT2D eigenvalue weighted by atomic mass is 127. The summed E-state index contributed by atoms with van der Waals surface area (Å²) in [4.78, 5) is 0. The van der Waals surface area contributed by atoms with E-state index in [-0.39, 0.29) is 11.6 Å². The summed E-state index contributed by atoms with van der Waals surface area (Å²) in [5.41, 5.74) is 1.22. The molecule has 0 bridgehead atoms. The number of hydrogen-bond donors (Lipinski definition) is 0. The Bertz CT molecular complexity index is 945. The number of benzene rings is 2. The van der Waals surface area contributed by atoms with Gasteiger partial charge < -0.3 is 4.74 Å². The van der Waals surface area contributed by atoms with Gasteiger partial charge in [0, 0.05) is 10.8 Å². The zero-order valence-corrected chi connectivity index (χ0v) is 15.1. The van der Waals surface area contributed by atoms with E-state index in [9.17, 15) is 8.78 Å². The van der Waals surface area contributed by atoms with Crippen LogP contribution < -0.4 is 4.74 Å². The van der Waals surface area contributed by atoms with E-state index in [0.29, 0.717) is 19.6 Å². The third-order valence-electron chi connectivity index (χ3n) is 4.15. The van der Waals surface area contributed by atoms with Crippen LogP contribution in [0.1, 0.15) is 19.3 Å². The summed E-state index contributed by atoms with van der Waals surface area (Å²) < 4.78 is 36.2. The molecule has 0 N–H and O–H groups in total. The van der Waals surface area contributed by atoms with Gasteiger partial charge in [0.2, 0.25) is 0 Å².